The molecule has 1 fully saturated rings. The van der Waals surface area contributed by atoms with Crippen LogP contribution in [0.4, 0.5) is 0 Å². The standard InChI is InChI=1S/C19H22N2O4/c1-24-14-8-9-17(25-2)15(12-14)16-6-5-11-21(16)19(23)13-20-10-4-3-7-18(20)22/h3-4,7-10,12,16H,5-6,11,13H2,1-2H3/t16-/m1/s1. The van der Waals surface area contributed by atoms with Crippen molar-refractivity contribution in [3.05, 3.63) is 58.5 Å². The molecule has 0 aliphatic carbocycles. The van der Waals surface area contributed by atoms with Crippen molar-refractivity contribution in [2.45, 2.75) is 25.4 Å². The Hall–Kier alpha value is -2.76. The molecule has 0 N–H and O–H groups in total. The molecular formula is C19H22N2O4. The normalized spacial score (nSPS) is 16.7. The molecular weight excluding hydrogens is 320 g/mol. The summed E-state index contributed by atoms with van der Waals surface area (Å²) in [6.45, 7) is 0.716. The number of carbonyl (C=O) groups is 1. The van der Waals surface area contributed by atoms with E-state index >= 15 is 0 Å². The number of aromatic nitrogens is 1. The van der Waals surface area contributed by atoms with E-state index in [4.69, 9.17) is 9.47 Å². The first-order valence-corrected chi connectivity index (χ1v) is 8.31. The minimum absolute atomic E-state index is 0.0441. The molecule has 0 unspecified atom stereocenters. The van der Waals surface area contributed by atoms with Crippen LogP contribution >= 0.6 is 0 Å². The van der Waals surface area contributed by atoms with Gasteiger partial charge in [0.05, 0.1) is 20.3 Å². The number of pyridine rings is 1. The van der Waals surface area contributed by atoms with Crippen molar-refractivity contribution in [1.82, 2.24) is 9.47 Å². The van der Waals surface area contributed by atoms with E-state index in [0.717, 1.165) is 29.9 Å². The largest absolute Gasteiger partial charge is 0.497 e. The number of benzene rings is 1. The van der Waals surface area contributed by atoms with Gasteiger partial charge in [0.1, 0.15) is 18.0 Å². The summed E-state index contributed by atoms with van der Waals surface area (Å²) in [6, 6.07) is 10.4. The first kappa shape index (κ1) is 17.1. The smallest absolute Gasteiger partial charge is 0.250 e. The second-order valence-corrected chi connectivity index (χ2v) is 6.02. The fourth-order valence-electron chi connectivity index (χ4n) is 3.32. The predicted octanol–water partition coefficient (Wildman–Crippen LogP) is 2.23. The maximum absolute atomic E-state index is 12.8. The molecule has 0 bridgehead atoms. The lowest BCUT2D eigenvalue weighted by molar-refractivity contribution is -0.132. The Labute approximate surface area is 146 Å². The molecule has 0 saturated carbocycles. The van der Waals surface area contributed by atoms with E-state index in [0.29, 0.717) is 6.54 Å². The van der Waals surface area contributed by atoms with E-state index in [2.05, 4.69) is 0 Å². The van der Waals surface area contributed by atoms with Gasteiger partial charge in [-0.25, -0.2) is 0 Å². The molecule has 1 aromatic carbocycles. The quantitative estimate of drug-likeness (QED) is 0.836. The van der Waals surface area contributed by atoms with Gasteiger partial charge in [-0.15, -0.1) is 0 Å². The molecule has 2 aromatic rings. The highest BCUT2D eigenvalue weighted by Gasteiger charge is 2.32. The van der Waals surface area contributed by atoms with Crippen LogP contribution in [0.3, 0.4) is 0 Å². The highest BCUT2D eigenvalue weighted by atomic mass is 16.5. The number of methoxy groups -OCH3 is 2. The van der Waals surface area contributed by atoms with Crippen LogP contribution < -0.4 is 15.0 Å². The minimum atomic E-state index is -0.175. The van der Waals surface area contributed by atoms with E-state index < -0.39 is 0 Å². The fourth-order valence-corrected chi connectivity index (χ4v) is 3.32. The monoisotopic (exact) mass is 342 g/mol. The van der Waals surface area contributed by atoms with E-state index in [1.807, 2.05) is 23.1 Å². The summed E-state index contributed by atoms with van der Waals surface area (Å²) < 4.78 is 12.2. The van der Waals surface area contributed by atoms with Crippen molar-refractivity contribution in [3.63, 3.8) is 0 Å². The number of rotatable bonds is 5. The Morgan fingerprint density at radius 1 is 1.20 bits per heavy atom. The fraction of sp³-hybridized carbons (Fsp3) is 0.368. The topological polar surface area (TPSA) is 60.8 Å². The summed E-state index contributed by atoms with van der Waals surface area (Å²) in [5.74, 6) is 1.40. The number of amides is 1. The number of likely N-dealkylation sites (tertiary alicyclic amines) is 1. The van der Waals surface area contributed by atoms with Gasteiger partial charge in [0.2, 0.25) is 5.91 Å². The van der Waals surface area contributed by atoms with Gasteiger partial charge in [0, 0.05) is 24.4 Å². The van der Waals surface area contributed by atoms with Gasteiger partial charge in [-0.2, -0.15) is 0 Å². The molecule has 1 saturated heterocycles. The summed E-state index contributed by atoms with van der Waals surface area (Å²) in [5, 5.41) is 0. The van der Waals surface area contributed by atoms with Crippen LogP contribution in [0.25, 0.3) is 0 Å². The van der Waals surface area contributed by atoms with Crippen molar-refractivity contribution in [3.8, 4) is 11.5 Å². The maximum atomic E-state index is 12.8. The number of hydrogen-bond acceptors (Lipinski definition) is 4. The summed E-state index contributed by atoms with van der Waals surface area (Å²) in [4.78, 5) is 26.5. The molecule has 132 valence electrons. The first-order valence-electron chi connectivity index (χ1n) is 8.31. The molecule has 1 aromatic heterocycles. The van der Waals surface area contributed by atoms with Crippen LogP contribution in [0.15, 0.2) is 47.4 Å². The second kappa shape index (κ2) is 7.42. The molecule has 2 heterocycles. The summed E-state index contributed by atoms with van der Waals surface area (Å²) >= 11 is 0. The molecule has 1 aliphatic rings. The molecule has 1 aliphatic heterocycles. The molecule has 6 heteroatoms. The van der Waals surface area contributed by atoms with Gasteiger partial charge in [0.25, 0.3) is 5.56 Å². The van der Waals surface area contributed by atoms with Crippen molar-refractivity contribution in [2.24, 2.45) is 0 Å². The van der Waals surface area contributed by atoms with E-state index in [1.54, 1.807) is 32.5 Å². The number of carbonyl (C=O) groups excluding carboxylic acids is 1. The zero-order valence-electron chi connectivity index (χ0n) is 14.5. The second-order valence-electron chi connectivity index (χ2n) is 6.02. The summed E-state index contributed by atoms with van der Waals surface area (Å²) in [7, 11) is 3.24. The highest BCUT2D eigenvalue weighted by molar-refractivity contribution is 5.77. The lowest BCUT2D eigenvalue weighted by atomic mass is 10.0. The van der Waals surface area contributed by atoms with Crippen molar-refractivity contribution >= 4 is 5.91 Å². The maximum Gasteiger partial charge on any atom is 0.250 e. The van der Waals surface area contributed by atoms with Crippen LogP contribution in [-0.2, 0) is 11.3 Å². The molecule has 1 amide bonds. The van der Waals surface area contributed by atoms with Crippen LogP contribution in [0.1, 0.15) is 24.4 Å². The number of hydrogen-bond donors (Lipinski definition) is 0. The first-order chi connectivity index (χ1) is 12.1. The van der Waals surface area contributed by atoms with Gasteiger partial charge in [-0.1, -0.05) is 6.07 Å². The van der Waals surface area contributed by atoms with E-state index in [9.17, 15) is 9.59 Å². The van der Waals surface area contributed by atoms with Gasteiger partial charge < -0.3 is 18.9 Å². The van der Waals surface area contributed by atoms with Gasteiger partial charge in [-0.3, -0.25) is 9.59 Å². The molecule has 0 spiro atoms. The zero-order chi connectivity index (χ0) is 17.8. The SMILES string of the molecule is COc1ccc(OC)c([C@H]2CCCN2C(=O)Cn2ccccc2=O)c1. The van der Waals surface area contributed by atoms with Crippen LogP contribution in [0.2, 0.25) is 0 Å². The highest BCUT2D eigenvalue weighted by Crippen LogP contribution is 2.38. The van der Waals surface area contributed by atoms with Crippen molar-refractivity contribution in [2.75, 3.05) is 20.8 Å². The van der Waals surface area contributed by atoms with Crippen molar-refractivity contribution < 1.29 is 14.3 Å². The average molecular weight is 342 g/mol. The Balaban J connectivity index is 1.86. The summed E-state index contributed by atoms with van der Waals surface area (Å²) in [5.41, 5.74) is 0.763. The van der Waals surface area contributed by atoms with E-state index in [1.165, 1.54) is 10.6 Å². The molecule has 25 heavy (non-hydrogen) atoms. The zero-order valence-corrected chi connectivity index (χ0v) is 14.5. The molecule has 3 rings (SSSR count). The van der Waals surface area contributed by atoms with E-state index in [-0.39, 0.29) is 24.1 Å². The average Bonchev–Trinajstić information content (AvgIpc) is 3.12. The Kier molecular flexibility index (Phi) is 5.07. The third kappa shape index (κ3) is 3.52. The van der Waals surface area contributed by atoms with Crippen LogP contribution in [-0.4, -0.2) is 36.1 Å². The third-order valence-electron chi connectivity index (χ3n) is 4.57. The predicted molar refractivity (Wildman–Crippen MR) is 93.9 cm³/mol. The van der Waals surface area contributed by atoms with Gasteiger partial charge >= 0.3 is 0 Å². The Morgan fingerprint density at radius 2 is 2.04 bits per heavy atom. The van der Waals surface area contributed by atoms with Crippen LogP contribution in [0.5, 0.6) is 11.5 Å². The van der Waals surface area contributed by atoms with Gasteiger partial charge in [-0.05, 0) is 37.1 Å². The molecule has 1 atom stereocenters. The summed E-state index contributed by atoms with van der Waals surface area (Å²) in [6.07, 6.45) is 3.41. The number of nitrogens with zero attached hydrogens (tertiary/aromatic N) is 2. The lowest BCUT2D eigenvalue weighted by Crippen LogP contribution is -2.36. The molecule has 0 radical (unpaired) electrons. The van der Waals surface area contributed by atoms with Crippen LogP contribution in [0, 0.1) is 0 Å². The minimum Gasteiger partial charge on any atom is -0.497 e. The van der Waals surface area contributed by atoms with Crippen molar-refractivity contribution in [1.29, 1.82) is 0 Å². The third-order valence-corrected chi connectivity index (χ3v) is 4.57. The Morgan fingerprint density at radius 3 is 2.76 bits per heavy atom. The van der Waals surface area contributed by atoms with Gasteiger partial charge in [0.15, 0.2) is 0 Å². The number of ether oxygens (including phenoxy) is 2. The molecule has 6 nitrogen and oxygen atoms in total. The Bertz CT molecular complexity index is 815. The lowest BCUT2D eigenvalue weighted by Gasteiger charge is -2.27.